The van der Waals surface area contributed by atoms with Crippen LogP contribution >= 0.6 is 11.6 Å². The van der Waals surface area contributed by atoms with Crippen LogP contribution in [0.3, 0.4) is 0 Å². The molecule has 17 heavy (non-hydrogen) atoms. The summed E-state index contributed by atoms with van der Waals surface area (Å²) in [5.41, 5.74) is 0.172. The summed E-state index contributed by atoms with van der Waals surface area (Å²) in [6.07, 6.45) is 1.52. The largest absolute Gasteiger partial charge is 0.352 e. The maximum absolute atomic E-state index is 11.9. The molecule has 0 radical (unpaired) electrons. The van der Waals surface area contributed by atoms with Gasteiger partial charge in [0.25, 0.3) is 0 Å². The second-order valence-electron chi connectivity index (χ2n) is 6.52. The molecule has 0 rings (SSSR count). The fourth-order valence-electron chi connectivity index (χ4n) is 1.60. The van der Waals surface area contributed by atoms with E-state index in [-0.39, 0.29) is 17.4 Å². The van der Waals surface area contributed by atoms with E-state index < -0.39 is 0 Å². The Bertz CT molecular complexity index is 233. The van der Waals surface area contributed by atoms with E-state index in [2.05, 4.69) is 46.9 Å². The molecule has 0 aromatic rings. The van der Waals surface area contributed by atoms with Crippen LogP contribution in [0.15, 0.2) is 0 Å². The first-order chi connectivity index (χ1) is 7.66. The average molecular weight is 262 g/mol. The molecule has 2 atom stereocenters. The molecule has 0 saturated heterocycles. The van der Waals surface area contributed by atoms with E-state index in [0.717, 1.165) is 6.42 Å². The van der Waals surface area contributed by atoms with Gasteiger partial charge in [0.1, 0.15) is 0 Å². The normalized spacial score (nSPS) is 15.8. The number of amides is 1. The average Bonchev–Trinajstić information content (AvgIpc) is 2.14. The zero-order valence-electron chi connectivity index (χ0n) is 12.1. The lowest BCUT2D eigenvalue weighted by molar-refractivity contribution is -0.123. The van der Waals surface area contributed by atoms with Gasteiger partial charge >= 0.3 is 0 Å². The molecule has 0 aromatic carbocycles. The van der Waals surface area contributed by atoms with Gasteiger partial charge in [-0.3, -0.25) is 4.79 Å². The minimum atomic E-state index is 0.108. The molecule has 0 aliphatic rings. The van der Waals surface area contributed by atoms with Gasteiger partial charge in [0.05, 0.1) is 0 Å². The number of rotatable bonds is 6. The Morgan fingerprint density at radius 2 is 1.76 bits per heavy atom. The molecule has 0 aliphatic carbocycles. The maximum atomic E-state index is 11.9. The third-order valence-electron chi connectivity index (χ3n) is 3.28. The van der Waals surface area contributed by atoms with Crippen LogP contribution < -0.4 is 5.32 Å². The fourth-order valence-corrected chi connectivity index (χ4v) is 1.80. The first kappa shape index (κ1) is 16.8. The predicted octanol–water partition coefficient (Wildman–Crippen LogP) is 3.83. The fraction of sp³-hybridized carbons (Fsp3) is 0.929. The number of hydrogen-bond acceptors (Lipinski definition) is 1. The van der Waals surface area contributed by atoms with E-state index in [1.54, 1.807) is 0 Å². The Balaban J connectivity index is 4.16. The lowest BCUT2D eigenvalue weighted by Gasteiger charge is -2.27. The summed E-state index contributed by atoms with van der Waals surface area (Å²) >= 11 is 5.87. The SMILES string of the molecule is CC(C)CC(CCl)NC(=O)CC(C)C(C)(C)C. The van der Waals surface area contributed by atoms with Gasteiger partial charge < -0.3 is 5.32 Å². The second-order valence-corrected chi connectivity index (χ2v) is 6.83. The van der Waals surface area contributed by atoms with Crippen molar-refractivity contribution in [1.82, 2.24) is 5.32 Å². The van der Waals surface area contributed by atoms with E-state index in [1.165, 1.54) is 0 Å². The van der Waals surface area contributed by atoms with Crippen molar-refractivity contribution in [2.45, 2.75) is 60.4 Å². The molecular formula is C14H28ClNO. The lowest BCUT2D eigenvalue weighted by atomic mass is 9.80. The van der Waals surface area contributed by atoms with Gasteiger partial charge in [-0.25, -0.2) is 0 Å². The van der Waals surface area contributed by atoms with Gasteiger partial charge in [0, 0.05) is 18.3 Å². The first-order valence-corrected chi connectivity index (χ1v) is 7.05. The summed E-state index contributed by atoms with van der Waals surface area (Å²) < 4.78 is 0. The molecule has 0 spiro atoms. The maximum Gasteiger partial charge on any atom is 0.220 e. The van der Waals surface area contributed by atoms with Crippen LogP contribution in [0, 0.1) is 17.3 Å². The van der Waals surface area contributed by atoms with Crippen LogP contribution in [-0.4, -0.2) is 17.8 Å². The number of alkyl halides is 1. The standard InChI is InChI=1S/C14H28ClNO/c1-10(2)7-12(9-15)16-13(17)8-11(3)14(4,5)6/h10-12H,7-9H2,1-6H3,(H,16,17). The number of carbonyl (C=O) groups excluding carboxylic acids is 1. The van der Waals surface area contributed by atoms with Crippen molar-refractivity contribution in [3.8, 4) is 0 Å². The molecule has 0 aliphatic heterocycles. The molecule has 2 nitrogen and oxygen atoms in total. The van der Waals surface area contributed by atoms with Crippen molar-refractivity contribution in [3.63, 3.8) is 0 Å². The Hall–Kier alpha value is -0.240. The topological polar surface area (TPSA) is 29.1 Å². The summed E-state index contributed by atoms with van der Waals surface area (Å²) in [4.78, 5) is 11.9. The van der Waals surface area contributed by atoms with E-state index in [4.69, 9.17) is 11.6 Å². The minimum absolute atomic E-state index is 0.108. The van der Waals surface area contributed by atoms with Crippen LogP contribution in [0.2, 0.25) is 0 Å². The molecule has 0 bridgehead atoms. The number of nitrogens with one attached hydrogen (secondary N) is 1. The van der Waals surface area contributed by atoms with Gasteiger partial charge in [0.2, 0.25) is 5.91 Å². The van der Waals surface area contributed by atoms with E-state index in [1.807, 2.05) is 0 Å². The number of hydrogen-bond donors (Lipinski definition) is 1. The Morgan fingerprint density at radius 1 is 1.24 bits per heavy atom. The molecular weight excluding hydrogens is 234 g/mol. The second kappa shape index (κ2) is 7.25. The molecule has 2 unspecified atom stereocenters. The molecule has 0 fully saturated rings. The summed E-state index contributed by atoms with van der Waals surface area (Å²) in [6.45, 7) is 12.9. The molecule has 102 valence electrons. The van der Waals surface area contributed by atoms with Crippen LogP contribution in [-0.2, 0) is 4.79 Å². The van der Waals surface area contributed by atoms with Crippen molar-refractivity contribution in [2.24, 2.45) is 17.3 Å². The Morgan fingerprint density at radius 3 is 2.12 bits per heavy atom. The predicted molar refractivity (Wildman–Crippen MR) is 75.3 cm³/mol. The lowest BCUT2D eigenvalue weighted by Crippen LogP contribution is -2.38. The third-order valence-corrected chi connectivity index (χ3v) is 3.65. The van der Waals surface area contributed by atoms with Gasteiger partial charge in [-0.1, -0.05) is 41.5 Å². The Kier molecular flexibility index (Phi) is 7.15. The quantitative estimate of drug-likeness (QED) is 0.724. The summed E-state index contributed by atoms with van der Waals surface area (Å²) in [7, 11) is 0. The Labute approximate surface area is 111 Å². The molecule has 1 amide bonds. The van der Waals surface area contributed by atoms with Gasteiger partial charge in [0.15, 0.2) is 0 Å². The van der Waals surface area contributed by atoms with Crippen molar-refractivity contribution in [2.75, 3.05) is 5.88 Å². The number of carbonyl (C=O) groups is 1. The zero-order valence-corrected chi connectivity index (χ0v) is 12.9. The molecule has 3 heteroatoms. The van der Waals surface area contributed by atoms with Gasteiger partial charge in [-0.05, 0) is 23.7 Å². The van der Waals surface area contributed by atoms with Crippen molar-refractivity contribution >= 4 is 17.5 Å². The van der Waals surface area contributed by atoms with Crippen molar-refractivity contribution in [1.29, 1.82) is 0 Å². The molecule has 0 aromatic heterocycles. The highest BCUT2D eigenvalue weighted by Gasteiger charge is 2.23. The summed E-state index contributed by atoms with van der Waals surface area (Å²) in [6, 6.07) is 0.108. The monoisotopic (exact) mass is 261 g/mol. The van der Waals surface area contributed by atoms with Gasteiger partial charge in [-0.2, -0.15) is 0 Å². The molecule has 1 N–H and O–H groups in total. The highest BCUT2D eigenvalue weighted by atomic mass is 35.5. The van der Waals surface area contributed by atoms with Gasteiger partial charge in [-0.15, -0.1) is 11.6 Å². The highest BCUT2D eigenvalue weighted by molar-refractivity contribution is 6.18. The summed E-state index contributed by atoms with van der Waals surface area (Å²) in [5.74, 6) is 1.55. The van der Waals surface area contributed by atoms with Crippen LogP contribution in [0.4, 0.5) is 0 Å². The van der Waals surface area contributed by atoms with E-state index >= 15 is 0 Å². The van der Waals surface area contributed by atoms with E-state index in [0.29, 0.717) is 24.1 Å². The zero-order chi connectivity index (χ0) is 13.6. The molecule has 0 saturated carbocycles. The van der Waals surface area contributed by atoms with Crippen LogP contribution in [0.5, 0.6) is 0 Å². The minimum Gasteiger partial charge on any atom is -0.352 e. The smallest absolute Gasteiger partial charge is 0.220 e. The highest BCUT2D eigenvalue weighted by Crippen LogP contribution is 2.27. The van der Waals surface area contributed by atoms with Crippen molar-refractivity contribution < 1.29 is 4.79 Å². The summed E-state index contributed by atoms with van der Waals surface area (Å²) in [5, 5.41) is 3.03. The van der Waals surface area contributed by atoms with Crippen LogP contribution in [0.1, 0.15) is 54.4 Å². The van der Waals surface area contributed by atoms with E-state index in [9.17, 15) is 4.79 Å². The first-order valence-electron chi connectivity index (χ1n) is 6.52. The third kappa shape index (κ3) is 7.64. The molecule has 0 heterocycles. The number of halogens is 1. The van der Waals surface area contributed by atoms with Crippen molar-refractivity contribution in [3.05, 3.63) is 0 Å². The van der Waals surface area contributed by atoms with Crippen LogP contribution in [0.25, 0.3) is 0 Å².